The number of nitrogens with one attached hydrogen (secondary N) is 2. The number of amides is 1. The molecule has 9 heteroatoms. The van der Waals surface area contributed by atoms with Crippen molar-refractivity contribution in [3.05, 3.63) is 88.9 Å². The molecule has 0 atom stereocenters. The lowest BCUT2D eigenvalue weighted by molar-refractivity contribution is 0.0955. The Hall–Kier alpha value is -3.36. The van der Waals surface area contributed by atoms with Gasteiger partial charge in [-0.1, -0.05) is 41.9 Å². The second-order valence-electron chi connectivity index (χ2n) is 7.08. The van der Waals surface area contributed by atoms with Gasteiger partial charge < -0.3 is 4.90 Å². The molecule has 0 saturated carbocycles. The summed E-state index contributed by atoms with van der Waals surface area (Å²) in [7, 11) is -3.93. The normalized spacial score (nSPS) is 11.4. The first-order valence-electron chi connectivity index (χ1n) is 10.4. The Kier molecular flexibility index (Phi) is 8.08. The molecule has 172 valence electrons. The molecule has 33 heavy (non-hydrogen) atoms. The van der Waals surface area contributed by atoms with Crippen LogP contribution in [0.2, 0.25) is 5.02 Å². The lowest BCUT2D eigenvalue weighted by atomic mass is 10.2. The van der Waals surface area contributed by atoms with Gasteiger partial charge in [0.2, 0.25) is 0 Å². The van der Waals surface area contributed by atoms with Crippen LogP contribution in [0.25, 0.3) is 0 Å². The lowest BCUT2D eigenvalue weighted by Gasteiger charge is -2.20. The van der Waals surface area contributed by atoms with Gasteiger partial charge >= 0.3 is 0 Å². The number of rotatable bonds is 9. The number of benzene rings is 3. The number of anilines is 2. The molecular formula is C24H25ClN4O3S. The number of carbonyl (C=O) groups is 1. The number of para-hydroxylation sites is 1. The summed E-state index contributed by atoms with van der Waals surface area (Å²) in [4.78, 5) is 14.6. The Morgan fingerprint density at radius 1 is 1.00 bits per heavy atom. The van der Waals surface area contributed by atoms with Gasteiger partial charge in [0, 0.05) is 24.3 Å². The summed E-state index contributed by atoms with van der Waals surface area (Å²) >= 11 is 6.04. The monoisotopic (exact) mass is 484 g/mol. The molecule has 0 bridgehead atoms. The van der Waals surface area contributed by atoms with Crippen LogP contribution in [0.5, 0.6) is 0 Å². The predicted molar refractivity (Wildman–Crippen MR) is 134 cm³/mol. The maximum Gasteiger partial charge on any atom is 0.271 e. The Labute approximate surface area is 199 Å². The molecule has 3 aromatic rings. The van der Waals surface area contributed by atoms with Crippen molar-refractivity contribution in [3.63, 3.8) is 0 Å². The van der Waals surface area contributed by atoms with Gasteiger partial charge in [-0.05, 0) is 61.9 Å². The molecule has 0 aliphatic rings. The molecule has 0 aromatic heterocycles. The number of hydrogen-bond donors (Lipinski definition) is 2. The second kappa shape index (κ2) is 11.0. The van der Waals surface area contributed by atoms with Gasteiger partial charge in [-0.15, -0.1) is 0 Å². The maximum absolute atomic E-state index is 12.7. The van der Waals surface area contributed by atoms with Gasteiger partial charge in [0.25, 0.3) is 15.9 Å². The summed E-state index contributed by atoms with van der Waals surface area (Å²) < 4.78 is 27.9. The van der Waals surface area contributed by atoms with Crippen LogP contribution >= 0.6 is 11.6 Å². The van der Waals surface area contributed by atoms with Crippen molar-refractivity contribution in [2.75, 3.05) is 22.7 Å². The van der Waals surface area contributed by atoms with Crippen molar-refractivity contribution >= 4 is 45.1 Å². The van der Waals surface area contributed by atoms with Crippen LogP contribution in [0.4, 0.5) is 11.4 Å². The Morgan fingerprint density at radius 2 is 1.70 bits per heavy atom. The molecule has 0 aliphatic heterocycles. The first-order chi connectivity index (χ1) is 15.8. The van der Waals surface area contributed by atoms with E-state index in [4.69, 9.17) is 11.6 Å². The minimum Gasteiger partial charge on any atom is -0.372 e. The molecule has 3 aromatic carbocycles. The molecule has 0 saturated heterocycles. The average Bonchev–Trinajstić information content (AvgIpc) is 2.82. The number of sulfonamides is 1. The van der Waals surface area contributed by atoms with E-state index in [0.29, 0.717) is 0 Å². The molecule has 0 unspecified atom stereocenters. The molecule has 0 heterocycles. The van der Waals surface area contributed by atoms with Crippen molar-refractivity contribution in [2.24, 2.45) is 5.10 Å². The Morgan fingerprint density at radius 3 is 2.36 bits per heavy atom. The molecule has 7 nitrogen and oxygen atoms in total. The quantitative estimate of drug-likeness (QED) is 0.338. The third-order valence-electron chi connectivity index (χ3n) is 4.93. The predicted octanol–water partition coefficient (Wildman–Crippen LogP) is 4.75. The molecule has 3 rings (SSSR count). The van der Waals surface area contributed by atoms with Crippen LogP contribution in [0.15, 0.2) is 82.8 Å². The summed E-state index contributed by atoms with van der Waals surface area (Å²) in [6.45, 7) is 6.04. The Bertz CT molecular complexity index is 1240. The molecular weight excluding hydrogens is 460 g/mol. The molecule has 1 amide bonds. The van der Waals surface area contributed by atoms with E-state index in [9.17, 15) is 13.2 Å². The second-order valence-corrected chi connectivity index (χ2v) is 9.17. The van der Waals surface area contributed by atoms with Crippen LogP contribution in [0, 0.1) is 0 Å². The maximum atomic E-state index is 12.7. The summed E-state index contributed by atoms with van der Waals surface area (Å²) in [5.74, 6) is -0.527. The van der Waals surface area contributed by atoms with Gasteiger partial charge in [0.1, 0.15) is 0 Å². The highest BCUT2D eigenvalue weighted by Gasteiger charge is 2.17. The smallest absolute Gasteiger partial charge is 0.271 e. The van der Waals surface area contributed by atoms with Crippen molar-refractivity contribution < 1.29 is 13.2 Å². The van der Waals surface area contributed by atoms with Gasteiger partial charge in [-0.2, -0.15) is 5.10 Å². The molecule has 0 fully saturated rings. The summed E-state index contributed by atoms with van der Waals surface area (Å²) in [5.41, 5.74) is 4.78. The third-order valence-corrected chi connectivity index (χ3v) is 6.62. The topological polar surface area (TPSA) is 90.9 Å². The number of hydrazone groups is 1. The third kappa shape index (κ3) is 6.34. The van der Waals surface area contributed by atoms with Crippen LogP contribution in [-0.4, -0.2) is 33.6 Å². The highest BCUT2D eigenvalue weighted by Crippen LogP contribution is 2.24. The van der Waals surface area contributed by atoms with Crippen molar-refractivity contribution in [1.82, 2.24) is 5.43 Å². The van der Waals surface area contributed by atoms with Gasteiger partial charge in [0.05, 0.1) is 21.8 Å². The van der Waals surface area contributed by atoms with Gasteiger partial charge in [-0.25, -0.2) is 13.8 Å². The zero-order chi connectivity index (χ0) is 23.8. The number of hydrogen-bond acceptors (Lipinski definition) is 5. The van der Waals surface area contributed by atoms with Crippen LogP contribution < -0.4 is 15.0 Å². The zero-order valence-electron chi connectivity index (χ0n) is 18.3. The fraction of sp³-hybridized carbons (Fsp3) is 0.167. The lowest BCUT2D eigenvalue weighted by Crippen LogP contribution is -2.21. The minimum atomic E-state index is -3.93. The summed E-state index contributed by atoms with van der Waals surface area (Å²) in [6.07, 6.45) is 1.53. The summed E-state index contributed by atoms with van der Waals surface area (Å²) in [5, 5.41) is 4.26. The minimum absolute atomic E-state index is 0.0639. The van der Waals surface area contributed by atoms with Crippen molar-refractivity contribution in [2.45, 2.75) is 18.7 Å². The van der Waals surface area contributed by atoms with E-state index >= 15 is 0 Å². The highest BCUT2D eigenvalue weighted by molar-refractivity contribution is 7.92. The van der Waals surface area contributed by atoms with Gasteiger partial charge in [-0.3, -0.25) is 9.52 Å². The first-order valence-corrected chi connectivity index (χ1v) is 12.3. The molecule has 2 N–H and O–H groups in total. The summed E-state index contributed by atoms with van der Waals surface area (Å²) in [6, 6.07) is 20.0. The largest absolute Gasteiger partial charge is 0.372 e. The Balaban J connectivity index is 1.67. The fourth-order valence-electron chi connectivity index (χ4n) is 3.14. The van der Waals surface area contributed by atoms with Crippen LogP contribution in [0.3, 0.4) is 0 Å². The highest BCUT2D eigenvalue weighted by atomic mass is 35.5. The van der Waals surface area contributed by atoms with Crippen molar-refractivity contribution in [3.8, 4) is 0 Å². The van der Waals surface area contributed by atoms with E-state index in [-0.39, 0.29) is 21.2 Å². The molecule has 0 aliphatic carbocycles. The molecule has 0 spiro atoms. The van der Waals surface area contributed by atoms with E-state index in [0.717, 1.165) is 24.3 Å². The van der Waals surface area contributed by atoms with E-state index in [1.165, 1.54) is 30.5 Å². The number of carbonyl (C=O) groups excluding carboxylic acids is 1. The van der Waals surface area contributed by atoms with E-state index < -0.39 is 15.9 Å². The number of nitrogens with zero attached hydrogens (tertiary/aromatic N) is 2. The SMILES string of the molecule is CCN(CC)c1ccc(/C=N/NC(=O)c2cccc(S(=O)(=O)Nc3ccccc3Cl)c2)cc1. The van der Waals surface area contributed by atoms with E-state index in [1.54, 1.807) is 24.3 Å². The van der Waals surface area contributed by atoms with E-state index in [1.807, 2.05) is 24.3 Å². The van der Waals surface area contributed by atoms with Gasteiger partial charge in [0.15, 0.2) is 0 Å². The molecule has 0 radical (unpaired) electrons. The fourth-order valence-corrected chi connectivity index (χ4v) is 4.51. The first kappa shape index (κ1) is 24.3. The van der Waals surface area contributed by atoms with Crippen molar-refractivity contribution in [1.29, 1.82) is 0 Å². The zero-order valence-corrected chi connectivity index (χ0v) is 19.9. The van der Waals surface area contributed by atoms with Crippen LogP contribution in [0.1, 0.15) is 29.8 Å². The van der Waals surface area contributed by atoms with E-state index in [2.05, 4.69) is 34.0 Å². The van der Waals surface area contributed by atoms with Crippen LogP contribution in [-0.2, 0) is 10.0 Å². The standard InChI is InChI=1S/C24H25ClN4O3S/c1-3-29(4-2)20-14-12-18(13-15-20)17-26-27-24(30)19-8-7-9-21(16-19)33(31,32)28-23-11-6-5-10-22(23)25/h5-17,28H,3-4H2,1-2H3,(H,27,30)/b26-17+. The average molecular weight is 485 g/mol. The number of halogens is 1.